The van der Waals surface area contributed by atoms with Crippen LogP contribution >= 0.6 is 0 Å². The van der Waals surface area contributed by atoms with Gasteiger partial charge in [-0.2, -0.15) is 0 Å². The molecule has 0 radical (unpaired) electrons. The summed E-state index contributed by atoms with van der Waals surface area (Å²) < 4.78 is 20.5. The summed E-state index contributed by atoms with van der Waals surface area (Å²) in [5.74, 6) is 1.36. The van der Waals surface area contributed by atoms with Gasteiger partial charge < -0.3 is 29.2 Å². The molecule has 4 aliphatic carbocycles. The molecule has 2 N–H and O–H groups in total. The molecule has 0 spiro atoms. The Labute approximate surface area is 249 Å². The lowest BCUT2D eigenvalue weighted by molar-refractivity contribution is -0.158. The molecule has 10 nitrogen and oxygen atoms in total. The summed E-state index contributed by atoms with van der Waals surface area (Å²) in [6, 6.07) is 0. The maximum Gasteiger partial charge on any atom is 0.511 e. The predicted octanol–water partition coefficient (Wildman–Crippen LogP) is 4.57. The largest absolute Gasteiger partial charge is 0.511 e. The Morgan fingerprint density at radius 1 is 0.833 bits per heavy atom. The normalized spacial score (nSPS) is 36.2. The molecule has 0 aromatic carbocycles. The summed E-state index contributed by atoms with van der Waals surface area (Å²) in [6.45, 7) is 6.72. The van der Waals surface area contributed by atoms with Crippen molar-refractivity contribution >= 4 is 23.9 Å². The average molecular weight is 595 g/mol. The van der Waals surface area contributed by atoms with Gasteiger partial charge in [-0.05, 0) is 105 Å². The fraction of sp³-hybridized carbons (Fsp3) is 0.875. The van der Waals surface area contributed by atoms with Gasteiger partial charge in [0.2, 0.25) is 6.79 Å². The van der Waals surface area contributed by atoms with Gasteiger partial charge in [-0.25, -0.2) is 4.79 Å². The van der Waals surface area contributed by atoms with Crippen molar-refractivity contribution in [3.63, 3.8) is 0 Å². The van der Waals surface area contributed by atoms with Crippen LogP contribution in [-0.4, -0.2) is 66.3 Å². The van der Waals surface area contributed by atoms with E-state index in [1.165, 1.54) is 19.3 Å². The van der Waals surface area contributed by atoms with Crippen molar-refractivity contribution in [2.75, 3.05) is 20.0 Å². The highest BCUT2D eigenvalue weighted by Crippen LogP contribution is 2.67. The van der Waals surface area contributed by atoms with Crippen molar-refractivity contribution in [3.8, 4) is 0 Å². The highest BCUT2D eigenvalue weighted by Gasteiger charge is 2.61. The van der Waals surface area contributed by atoms with E-state index in [2.05, 4.69) is 13.8 Å². The third kappa shape index (κ3) is 6.95. The van der Waals surface area contributed by atoms with Crippen LogP contribution in [0.5, 0.6) is 0 Å². The number of ether oxygens (including phenoxy) is 4. The standard InChI is InChI=1S/C32H50O10/c1-19(14-29(37)41-23(16-33)17-34)13-28(36)39-18-40-30(38)42-22-9-11-31(3)21(15-22)5-6-24-26-8-7-25(20(2)35)32(26,4)12-10-27(24)31/h19,21-27,33-34H,5-18H2,1-4H3/t19?,21-,22+,24-,25+,26-,27-,31-,32+/m0/s1. The van der Waals surface area contributed by atoms with Gasteiger partial charge in [0.15, 0.2) is 0 Å². The maximum atomic E-state index is 12.4. The zero-order chi connectivity index (χ0) is 30.7. The minimum atomic E-state index is -0.985. The minimum absolute atomic E-state index is 0.0864. The number of carbonyl (C=O) groups is 4. The molecule has 4 fully saturated rings. The predicted molar refractivity (Wildman–Crippen MR) is 151 cm³/mol. The van der Waals surface area contributed by atoms with Crippen molar-refractivity contribution in [1.82, 2.24) is 0 Å². The van der Waals surface area contributed by atoms with Crippen LogP contribution in [0.2, 0.25) is 0 Å². The molecule has 0 bridgehead atoms. The fourth-order valence-corrected chi connectivity index (χ4v) is 9.37. The molecule has 238 valence electrons. The van der Waals surface area contributed by atoms with Gasteiger partial charge >= 0.3 is 18.1 Å². The smallest absolute Gasteiger partial charge is 0.457 e. The Morgan fingerprint density at radius 2 is 1.50 bits per heavy atom. The molecule has 0 aliphatic heterocycles. The van der Waals surface area contributed by atoms with E-state index in [1.807, 2.05) is 0 Å². The van der Waals surface area contributed by atoms with Crippen molar-refractivity contribution in [3.05, 3.63) is 0 Å². The zero-order valence-electron chi connectivity index (χ0n) is 25.7. The molecule has 4 aliphatic rings. The molecule has 0 aromatic heterocycles. The van der Waals surface area contributed by atoms with Gasteiger partial charge in [0.25, 0.3) is 0 Å². The third-order valence-corrected chi connectivity index (χ3v) is 11.5. The first kappa shape index (κ1) is 32.7. The lowest BCUT2D eigenvalue weighted by atomic mass is 9.44. The number of hydrogen-bond acceptors (Lipinski definition) is 10. The Morgan fingerprint density at radius 3 is 2.19 bits per heavy atom. The van der Waals surface area contributed by atoms with Gasteiger partial charge in [-0.3, -0.25) is 14.4 Å². The number of Topliss-reactive ketones (excluding diaryl/α,β-unsaturated/α-hetero) is 1. The van der Waals surface area contributed by atoms with Crippen LogP contribution in [0.3, 0.4) is 0 Å². The molecule has 4 rings (SSSR count). The van der Waals surface area contributed by atoms with Crippen molar-refractivity contribution in [2.45, 2.75) is 111 Å². The van der Waals surface area contributed by atoms with E-state index >= 15 is 0 Å². The molecule has 9 atom stereocenters. The minimum Gasteiger partial charge on any atom is -0.457 e. The summed E-state index contributed by atoms with van der Waals surface area (Å²) >= 11 is 0. The van der Waals surface area contributed by atoms with Crippen LogP contribution in [0.4, 0.5) is 4.79 Å². The lowest BCUT2D eigenvalue weighted by Gasteiger charge is -2.61. The molecule has 4 saturated carbocycles. The van der Waals surface area contributed by atoms with Crippen LogP contribution in [0.1, 0.15) is 98.3 Å². The number of carbonyl (C=O) groups excluding carboxylic acids is 4. The van der Waals surface area contributed by atoms with Crippen LogP contribution in [-0.2, 0) is 33.3 Å². The average Bonchev–Trinajstić information content (AvgIpc) is 3.29. The van der Waals surface area contributed by atoms with E-state index in [4.69, 9.17) is 29.2 Å². The zero-order valence-corrected chi connectivity index (χ0v) is 25.7. The van der Waals surface area contributed by atoms with Crippen LogP contribution < -0.4 is 0 Å². The third-order valence-electron chi connectivity index (χ3n) is 11.5. The Bertz CT molecular complexity index is 994. The number of fused-ring (bicyclic) bond motifs is 5. The summed E-state index contributed by atoms with van der Waals surface area (Å²) in [5.41, 5.74) is 0.371. The molecule has 1 unspecified atom stereocenters. The molecular formula is C32H50O10. The highest BCUT2D eigenvalue weighted by molar-refractivity contribution is 5.79. The summed E-state index contributed by atoms with van der Waals surface area (Å²) in [5, 5.41) is 18.0. The SMILES string of the molecule is CC(=O)[C@H]1CC[C@H]2[C@@H]3CC[C@H]4C[C@H](OC(=O)OCOC(=O)CC(C)CC(=O)OC(CO)CO)CC[C@]4(C)[C@H]3CC[C@]12C. The van der Waals surface area contributed by atoms with E-state index in [1.54, 1.807) is 13.8 Å². The van der Waals surface area contributed by atoms with E-state index < -0.39 is 50.1 Å². The van der Waals surface area contributed by atoms with Crippen molar-refractivity contribution in [2.24, 2.45) is 46.3 Å². The quantitative estimate of drug-likeness (QED) is 0.198. The first-order valence-corrected chi connectivity index (χ1v) is 15.8. The van der Waals surface area contributed by atoms with Gasteiger partial charge in [-0.1, -0.05) is 20.8 Å². The Kier molecular flexibility index (Phi) is 10.6. The van der Waals surface area contributed by atoms with Gasteiger partial charge in [-0.15, -0.1) is 0 Å². The number of esters is 2. The number of hydrogen-bond donors (Lipinski definition) is 2. The molecular weight excluding hydrogens is 544 g/mol. The first-order valence-electron chi connectivity index (χ1n) is 15.8. The molecule has 0 saturated heterocycles. The fourth-order valence-electron chi connectivity index (χ4n) is 9.37. The second kappa shape index (κ2) is 13.6. The molecule has 42 heavy (non-hydrogen) atoms. The van der Waals surface area contributed by atoms with Gasteiger partial charge in [0, 0.05) is 18.8 Å². The lowest BCUT2D eigenvalue weighted by Crippen LogP contribution is -2.54. The summed E-state index contributed by atoms with van der Waals surface area (Å²) in [4.78, 5) is 48.7. The number of rotatable bonds is 11. The topological polar surface area (TPSA) is 146 Å². The summed E-state index contributed by atoms with van der Waals surface area (Å²) in [7, 11) is 0. The second-order valence-corrected chi connectivity index (χ2v) is 14.0. The van der Waals surface area contributed by atoms with Crippen LogP contribution in [0.25, 0.3) is 0 Å². The van der Waals surface area contributed by atoms with Crippen molar-refractivity contribution < 1.29 is 48.3 Å². The van der Waals surface area contributed by atoms with E-state index in [0.717, 1.165) is 38.5 Å². The summed E-state index contributed by atoms with van der Waals surface area (Å²) in [6.07, 6.45) is 7.19. The van der Waals surface area contributed by atoms with Crippen LogP contribution in [0, 0.1) is 46.3 Å². The number of aliphatic hydroxyl groups is 2. The highest BCUT2D eigenvalue weighted by atomic mass is 16.8. The maximum absolute atomic E-state index is 12.4. The molecule has 0 amide bonds. The van der Waals surface area contributed by atoms with Crippen molar-refractivity contribution in [1.29, 1.82) is 0 Å². The molecule has 0 aromatic rings. The molecule has 0 heterocycles. The van der Waals surface area contributed by atoms with Gasteiger partial charge in [0.1, 0.15) is 18.0 Å². The van der Waals surface area contributed by atoms with E-state index in [-0.39, 0.29) is 35.7 Å². The number of ketones is 1. The first-order chi connectivity index (χ1) is 19.9. The van der Waals surface area contributed by atoms with E-state index in [0.29, 0.717) is 29.5 Å². The Hall–Kier alpha value is -2.20. The molecule has 10 heteroatoms. The van der Waals surface area contributed by atoms with E-state index in [9.17, 15) is 19.2 Å². The van der Waals surface area contributed by atoms with Crippen LogP contribution in [0.15, 0.2) is 0 Å². The number of aliphatic hydroxyl groups excluding tert-OH is 2. The second-order valence-electron chi connectivity index (χ2n) is 14.0. The monoisotopic (exact) mass is 594 g/mol. The van der Waals surface area contributed by atoms with Gasteiger partial charge in [0.05, 0.1) is 13.2 Å². The Balaban J connectivity index is 1.18.